The van der Waals surface area contributed by atoms with Gasteiger partial charge >= 0.3 is 0 Å². The topological polar surface area (TPSA) is 108 Å². The van der Waals surface area contributed by atoms with Crippen LogP contribution < -0.4 is 10.2 Å². The smallest absolute Gasteiger partial charge is 0.268 e. The van der Waals surface area contributed by atoms with Gasteiger partial charge in [0.15, 0.2) is 0 Å². The van der Waals surface area contributed by atoms with Gasteiger partial charge in [0.05, 0.1) is 39.9 Å². The van der Waals surface area contributed by atoms with Gasteiger partial charge in [-0.3, -0.25) is 9.36 Å². The molecule has 0 aromatic carbocycles. The quantitative estimate of drug-likeness (QED) is 0.0272. The van der Waals surface area contributed by atoms with E-state index >= 15 is 0 Å². The number of carbonyl (C=O) groups is 1. The number of aliphatic hydroxyl groups is 1. The predicted molar refractivity (Wildman–Crippen MR) is 412 cm³/mol. The fourth-order valence-corrected chi connectivity index (χ4v) is 11.7. The molecule has 0 saturated heterocycles. The highest BCUT2D eigenvalue weighted by Gasteiger charge is 2.23. The first-order chi connectivity index (χ1) is 46.0. The van der Waals surface area contributed by atoms with E-state index in [2.05, 4.69) is 153 Å². The number of quaternary nitrogens is 1. The minimum atomic E-state index is -4.63. The molecule has 94 heavy (non-hydrogen) atoms. The molecule has 8 nitrogen and oxygen atoms in total. The Balaban J connectivity index is 4.10. The Labute approximate surface area is 582 Å². The molecule has 0 aliphatic rings. The third kappa shape index (κ3) is 75.8. The van der Waals surface area contributed by atoms with E-state index in [1.807, 2.05) is 27.2 Å². The minimum absolute atomic E-state index is 0.0147. The second-order valence-electron chi connectivity index (χ2n) is 27.3. The van der Waals surface area contributed by atoms with Gasteiger partial charge in [-0.1, -0.05) is 359 Å². The number of aliphatic hydroxyl groups excluding tert-OH is 1. The molecule has 0 rings (SSSR count). The number of nitrogens with zero attached hydrogens (tertiary/aromatic N) is 1. The number of allylic oxidation sites excluding steroid dienone is 23. The van der Waals surface area contributed by atoms with Crippen LogP contribution in [0.5, 0.6) is 0 Å². The van der Waals surface area contributed by atoms with Crippen molar-refractivity contribution in [3.05, 3.63) is 146 Å². The number of likely N-dealkylation sites (N-methyl/N-ethyl adjacent to an activating group) is 1. The molecule has 0 aliphatic heterocycles. The van der Waals surface area contributed by atoms with Crippen LogP contribution in [0.25, 0.3) is 0 Å². The average Bonchev–Trinajstić information content (AvgIpc) is 1.77. The van der Waals surface area contributed by atoms with Gasteiger partial charge in [-0.25, -0.2) is 0 Å². The summed E-state index contributed by atoms with van der Waals surface area (Å²) < 4.78 is 23.5. The zero-order valence-corrected chi connectivity index (χ0v) is 62.8. The number of nitrogens with one attached hydrogen (secondary N) is 1. The highest BCUT2D eigenvalue weighted by Crippen LogP contribution is 2.38. The molecule has 0 heterocycles. The fourth-order valence-electron chi connectivity index (χ4n) is 11.0. The Bertz CT molecular complexity index is 2050. The van der Waals surface area contributed by atoms with Crippen molar-refractivity contribution in [1.82, 2.24) is 5.32 Å². The summed E-state index contributed by atoms with van der Waals surface area (Å²) in [6.07, 6.45) is 113. The van der Waals surface area contributed by atoms with Crippen molar-refractivity contribution in [2.75, 3.05) is 40.9 Å². The second kappa shape index (κ2) is 73.6. The average molecular weight is 1330 g/mol. The summed E-state index contributed by atoms with van der Waals surface area (Å²) in [7, 11) is 1.23. The molecule has 3 atom stereocenters. The lowest BCUT2D eigenvalue weighted by Gasteiger charge is -2.29. The number of rotatable bonds is 71. The third-order valence-electron chi connectivity index (χ3n) is 17.0. The van der Waals surface area contributed by atoms with Crippen molar-refractivity contribution in [3.8, 4) is 0 Å². The number of hydrogen-bond donors (Lipinski definition) is 2. The van der Waals surface area contributed by atoms with Crippen LogP contribution in [0.4, 0.5) is 0 Å². The van der Waals surface area contributed by atoms with Crippen molar-refractivity contribution >= 4 is 13.7 Å². The van der Waals surface area contributed by atoms with Crippen LogP contribution in [0.3, 0.4) is 0 Å². The van der Waals surface area contributed by atoms with Gasteiger partial charge in [-0.05, 0) is 116 Å². The first-order valence-electron chi connectivity index (χ1n) is 39.2. The molecule has 0 aromatic heterocycles. The summed E-state index contributed by atoms with van der Waals surface area (Å²) >= 11 is 0. The standard InChI is InChI=1S/C85H149N2O6P/c1-6-8-10-12-14-16-18-20-22-24-26-28-30-32-34-36-38-39-40-41-42-43-44-45-46-47-49-51-53-55-57-59-61-63-65-67-69-71-73-75-77-79-85(89)86-83(82-93-94(90,91)92-81-80-87(3,4)5)84(88)78-76-74-72-70-68-66-64-62-60-58-56-54-52-50-48-37-35-33-31-29-27-25-23-21-19-17-15-13-11-9-7-2/h8,10,14,16,20,22,26,28,32,34,38-39,41-42,44-45,47,49,60,62,68,70,76,78,83-84,88H,6-7,9,11-13,15,17-19,21,23-25,27,29-31,33,35-37,40,43,46,48,50-59,61,63-67,69,71-75,77,79-82H2,1-5H3,(H-,86,89,90,91)/b10-8-,16-14-,22-20-,28-26-,34-32-,39-38-,42-41-,45-44-,49-47-,62-60+,70-68+,78-76+. The van der Waals surface area contributed by atoms with Crippen LogP contribution in [0, 0.1) is 0 Å². The molecular weight excluding hydrogens is 1180 g/mol. The van der Waals surface area contributed by atoms with Crippen molar-refractivity contribution in [1.29, 1.82) is 0 Å². The molecule has 540 valence electrons. The lowest BCUT2D eigenvalue weighted by molar-refractivity contribution is -0.870. The fraction of sp³-hybridized carbons (Fsp3) is 0.706. The summed E-state index contributed by atoms with van der Waals surface area (Å²) in [5, 5.41) is 14.0. The number of carbonyl (C=O) groups excluding carboxylic acids is 1. The molecule has 2 N–H and O–H groups in total. The van der Waals surface area contributed by atoms with E-state index in [1.165, 1.54) is 212 Å². The first kappa shape index (κ1) is 90.4. The van der Waals surface area contributed by atoms with Crippen LogP contribution in [-0.4, -0.2) is 68.5 Å². The maximum absolute atomic E-state index is 13.1. The summed E-state index contributed by atoms with van der Waals surface area (Å²) in [5.74, 6) is -0.215. The lowest BCUT2D eigenvalue weighted by atomic mass is 10.0. The molecule has 1 amide bonds. The van der Waals surface area contributed by atoms with Gasteiger partial charge in [0, 0.05) is 6.42 Å². The molecule has 0 fully saturated rings. The largest absolute Gasteiger partial charge is 0.756 e. The molecule has 0 spiro atoms. The highest BCUT2D eigenvalue weighted by atomic mass is 31.2. The van der Waals surface area contributed by atoms with Gasteiger partial charge < -0.3 is 28.8 Å². The molecule has 3 unspecified atom stereocenters. The molecule has 0 saturated carbocycles. The van der Waals surface area contributed by atoms with Crippen LogP contribution in [-0.2, 0) is 18.4 Å². The number of phosphoric ester groups is 1. The number of amides is 1. The van der Waals surface area contributed by atoms with Crippen molar-refractivity contribution < 1.29 is 32.9 Å². The van der Waals surface area contributed by atoms with Gasteiger partial charge in [0.25, 0.3) is 7.82 Å². The maximum Gasteiger partial charge on any atom is 0.268 e. The summed E-state index contributed by atoms with van der Waals surface area (Å²) in [6, 6.07) is -0.922. The second-order valence-corrected chi connectivity index (χ2v) is 28.7. The van der Waals surface area contributed by atoms with E-state index in [4.69, 9.17) is 9.05 Å². The van der Waals surface area contributed by atoms with E-state index in [-0.39, 0.29) is 12.5 Å². The summed E-state index contributed by atoms with van der Waals surface area (Å²) in [4.78, 5) is 25.7. The van der Waals surface area contributed by atoms with E-state index < -0.39 is 26.6 Å². The van der Waals surface area contributed by atoms with Crippen molar-refractivity contribution in [3.63, 3.8) is 0 Å². The molecule has 0 aliphatic carbocycles. The lowest BCUT2D eigenvalue weighted by Crippen LogP contribution is -2.45. The molecule has 9 heteroatoms. The van der Waals surface area contributed by atoms with Crippen molar-refractivity contribution in [2.24, 2.45) is 0 Å². The monoisotopic (exact) mass is 1330 g/mol. The van der Waals surface area contributed by atoms with E-state index in [1.54, 1.807) is 6.08 Å². The predicted octanol–water partition coefficient (Wildman–Crippen LogP) is 25.3. The third-order valence-corrected chi connectivity index (χ3v) is 18.0. The SMILES string of the molecule is CC/C=C\C/C=C\C/C=C\C/C=C\C/C=C\C/C=C\C/C=C\C/C=C\C/C=C\CCCCCCCCCCCCCCCC(=O)NC(COP(=O)([O-])OCC[N+](C)(C)C)C(O)/C=C/CC/C=C/CC/C=C/CCCCCCCCCCCCCCCCCCCCCCC. The Kier molecular flexibility index (Phi) is 70.8. The van der Waals surface area contributed by atoms with Crippen molar-refractivity contribution in [2.45, 2.75) is 347 Å². The number of phosphoric acid groups is 1. The van der Waals surface area contributed by atoms with Gasteiger partial charge in [0.2, 0.25) is 5.91 Å². The zero-order valence-electron chi connectivity index (χ0n) is 61.9. The normalized spacial score (nSPS) is 14.3. The van der Waals surface area contributed by atoms with Crippen LogP contribution in [0.1, 0.15) is 335 Å². The van der Waals surface area contributed by atoms with Crippen LogP contribution >= 0.6 is 7.82 Å². The Morgan fingerprint density at radius 2 is 0.660 bits per heavy atom. The van der Waals surface area contributed by atoms with Crippen LogP contribution in [0.2, 0.25) is 0 Å². The van der Waals surface area contributed by atoms with E-state index in [9.17, 15) is 19.4 Å². The molecule has 0 aromatic rings. The summed E-state index contributed by atoms with van der Waals surface area (Å²) in [5.41, 5.74) is 0. The molecule has 0 radical (unpaired) electrons. The number of unbranched alkanes of at least 4 members (excludes halogenated alkanes) is 36. The maximum atomic E-state index is 13.1. The van der Waals surface area contributed by atoms with Crippen LogP contribution in [0.15, 0.2) is 146 Å². The summed E-state index contributed by atoms with van der Waals surface area (Å²) in [6.45, 7) is 4.53. The van der Waals surface area contributed by atoms with E-state index in [0.29, 0.717) is 17.4 Å². The van der Waals surface area contributed by atoms with Gasteiger partial charge in [0.1, 0.15) is 13.2 Å². The zero-order chi connectivity index (χ0) is 68.3. The first-order valence-corrected chi connectivity index (χ1v) is 40.7. The Morgan fingerprint density at radius 1 is 0.383 bits per heavy atom. The molecular formula is C85H149N2O6P. The van der Waals surface area contributed by atoms with E-state index in [0.717, 1.165) is 103 Å². The Morgan fingerprint density at radius 3 is 0.989 bits per heavy atom. The minimum Gasteiger partial charge on any atom is -0.756 e. The van der Waals surface area contributed by atoms with Gasteiger partial charge in [-0.2, -0.15) is 0 Å². The van der Waals surface area contributed by atoms with Gasteiger partial charge in [-0.15, -0.1) is 0 Å². The number of hydrogen-bond acceptors (Lipinski definition) is 6. The molecule has 0 bridgehead atoms. The Hall–Kier alpha value is -3.62. The highest BCUT2D eigenvalue weighted by molar-refractivity contribution is 7.45.